The van der Waals surface area contributed by atoms with Crippen LogP contribution in [0.25, 0.3) is 90.5 Å². The number of hydrogen-bond donors (Lipinski definition) is 0. The van der Waals surface area contributed by atoms with Gasteiger partial charge >= 0.3 is 66.5 Å². The second kappa shape index (κ2) is 54.0. The predicted molar refractivity (Wildman–Crippen MR) is 470 cm³/mol. The van der Waals surface area contributed by atoms with E-state index in [-0.39, 0.29) is 94.8 Å². The third-order valence-electron chi connectivity index (χ3n) is 17.8. The van der Waals surface area contributed by atoms with E-state index in [9.17, 15) is 39.5 Å². The molecule has 0 N–H and O–H groups in total. The topological polar surface area (TPSA) is 254 Å². The van der Waals surface area contributed by atoms with Gasteiger partial charge in [-0.25, -0.2) is 20.4 Å². The van der Waals surface area contributed by atoms with Crippen molar-refractivity contribution < 1.29 is 119 Å². The maximum Gasteiger partial charge on any atom is 3.00 e. The monoisotopic (exact) mass is 2340 g/mol. The van der Waals surface area contributed by atoms with Gasteiger partial charge in [0.15, 0.2) is 0 Å². The quantitative estimate of drug-likeness (QED) is 0.0451. The molecule has 0 aliphatic rings. The molecular weight excluding hydrogens is 2250 g/mol. The summed E-state index contributed by atoms with van der Waals surface area (Å²) in [6.07, 6.45) is 9.87. The summed E-state index contributed by atoms with van der Waals surface area (Å²) in [5.41, 5.74) is 11.7. The minimum Gasteiger partial charge on any atom is -0.573 e. The normalized spacial score (nSPS) is 10.3. The number of aromatic nitrogens is 19. The fourth-order valence-corrected chi connectivity index (χ4v) is 11.9. The van der Waals surface area contributed by atoms with E-state index in [0.717, 1.165) is 70.9 Å². The van der Waals surface area contributed by atoms with Crippen LogP contribution >= 0.6 is 0 Å². The molecule has 0 saturated heterocycles. The van der Waals surface area contributed by atoms with E-state index in [1.807, 2.05) is 182 Å². The predicted octanol–water partition coefficient (Wildman–Crippen LogP) is 20.1. The Labute approximate surface area is 802 Å². The first kappa shape index (κ1) is 104. The molecule has 684 valence electrons. The molecule has 10 heterocycles. The van der Waals surface area contributed by atoms with Gasteiger partial charge in [0.1, 0.15) is 5.69 Å². The Kier molecular flexibility index (Phi) is 42.4. The molecule has 0 spiro atoms. The van der Waals surface area contributed by atoms with Gasteiger partial charge < -0.3 is 54.4 Å². The molecule has 0 saturated carbocycles. The van der Waals surface area contributed by atoms with Crippen molar-refractivity contribution in [2.75, 3.05) is 26.4 Å². The molecule has 0 aliphatic carbocycles. The van der Waals surface area contributed by atoms with Crippen molar-refractivity contribution in [2.45, 2.75) is 73.8 Å². The Morgan fingerprint density at radius 2 is 0.812 bits per heavy atom. The smallest absolute Gasteiger partial charge is 0.573 e. The molecule has 133 heavy (non-hydrogen) atoms. The van der Waals surface area contributed by atoms with Gasteiger partial charge in [-0.2, -0.15) is 18.7 Å². The van der Waals surface area contributed by atoms with Gasteiger partial charge in [-0.15, -0.1) is 96.8 Å². The summed E-state index contributed by atoms with van der Waals surface area (Å²) >= 11 is 0. The maximum absolute atomic E-state index is 13.3. The van der Waals surface area contributed by atoms with E-state index >= 15 is 0 Å². The number of halogens is 9. The van der Waals surface area contributed by atoms with Gasteiger partial charge in [-0.05, 0) is 100.0 Å². The molecule has 23 nitrogen and oxygen atoms in total. The van der Waals surface area contributed by atoms with Crippen LogP contribution < -0.4 is 34.2 Å². The molecule has 0 unspecified atom stereocenters. The zero-order chi connectivity index (χ0) is 92.0. The standard InChI is InChI=1S/2C18H16FN2O.C14H16FN2O.C13H14FN2O.C11H6F2N.C9H5F3N3.C8H5N3.C7H5N4.3Ir/c2*1-2-22-18-12-15(19)8-9-16(18)17-10-11-21(20-17)13-14-6-4-3-5-7-14;1-4-11-9-13(16-17(11)3)12-7-6-10(15)8-14(12)18-5-2;1-3-16-8-7-12(15-16)11-6-5-10(14)9-13(11)17-4-2;12-8-4-5-9(10(13)7-8)11-3-1-2-6-14-11;10-9(11,12)8-5-7(14-15-8)6-3-1-2-4-13-6;1-2-4-7(5-3-1)8-9-6-10-11-8;1-2-4-8-6(3-1)7-5-9-11-10-7;;;/h2*3-8,10-12H,2,13H2,1H3;6,8-9H,4-5H2,1-3H3;5,7-9H,3-4H2,1-2H3;1-4,6-7H;1-5H;1-4,6H;1-5H;;;/q6*-1;-2;-1;3*+3. The van der Waals surface area contributed by atoms with Crippen molar-refractivity contribution >= 4 is 0 Å². The summed E-state index contributed by atoms with van der Waals surface area (Å²) in [5.74, 6) is -0.198. The van der Waals surface area contributed by atoms with Crippen molar-refractivity contribution in [2.24, 2.45) is 7.05 Å². The molecule has 0 bridgehead atoms. The fourth-order valence-electron chi connectivity index (χ4n) is 11.9. The zero-order valence-corrected chi connectivity index (χ0v) is 79.4. The van der Waals surface area contributed by atoms with Crippen LogP contribution in [0.2, 0.25) is 0 Å². The molecule has 0 fully saturated rings. The molecule has 8 aromatic carbocycles. The van der Waals surface area contributed by atoms with Crippen LogP contribution in [-0.2, 0) is 99.6 Å². The molecule has 35 heteroatoms. The van der Waals surface area contributed by atoms with E-state index in [1.54, 1.807) is 55.0 Å². The fraction of sp³-hybridized carbons (Fsp3) is 0.163. The van der Waals surface area contributed by atoms with Gasteiger partial charge in [0.25, 0.3) is 0 Å². The van der Waals surface area contributed by atoms with Crippen LogP contribution in [-0.4, -0.2) is 106 Å². The van der Waals surface area contributed by atoms with Gasteiger partial charge in [0.05, 0.1) is 45.2 Å². The Bertz CT molecular complexity index is 6190. The number of hydrogen-bond acceptors (Lipinski definition) is 16. The van der Waals surface area contributed by atoms with Crippen LogP contribution in [0.4, 0.5) is 39.5 Å². The SMILES string of the molecule is CCOc1cc(F)c[c-]c1-c1cc(CC)n(C)n1.CCOc1cc(F)c[c-]c1-c1ccn(CC)n1.CCOc1cc(F)c[c-]c1-c1ccn(Cc2ccccc2)n1.CCOc1cc(F)c[c-]c1-c1ccn(Cc2ccccc2)n1.FC(F)(F)c1cc(-c2ccccn2)[n-]n1.Fc1c[c-]c(-c2ccccn2)c(F)c1.[Ir+3].[Ir+3].[Ir+3].[c-]1ccccc1-c1ncn[n-]1.c1ccc(-c2cnn[n-]2)nc1. The number of aryl methyl sites for hydroxylation is 3. The minimum atomic E-state index is -4.46. The van der Waals surface area contributed by atoms with Crippen LogP contribution in [0.3, 0.4) is 0 Å². The molecule has 0 aliphatic heterocycles. The van der Waals surface area contributed by atoms with Crippen molar-refractivity contribution in [1.29, 1.82) is 0 Å². The molecule has 18 aromatic rings. The number of alkyl halides is 3. The summed E-state index contributed by atoms with van der Waals surface area (Å²) in [4.78, 5) is 15.8. The number of pyridine rings is 3. The summed E-state index contributed by atoms with van der Waals surface area (Å²) in [6.45, 7) is 15.6. The van der Waals surface area contributed by atoms with E-state index in [4.69, 9.17) is 18.9 Å². The van der Waals surface area contributed by atoms with Gasteiger partial charge in [-0.3, -0.25) is 65.3 Å². The second-order valence-corrected chi connectivity index (χ2v) is 27.0. The molecule has 0 radical (unpaired) electrons. The maximum atomic E-state index is 13.3. The van der Waals surface area contributed by atoms with Crippen molar-refractivity contribution in [3.8, 4) is 113 Å². The summed E-state index contributed by atoms with van der Waals surface area (Å²) in [5, 5.41) is 42.5. The molecule has 10 aromatic heterocycles. The third kappa shape index (κ3) is 32.0. The Morgan fingerprint density at radius 3 is 1.18 bits per heavy atom. The van der Waals surface area contributed by atoms with Crippen molar-refractivity contribution in [3.63, 3.8) is 0 Å². The van der Waals surface area contributed by atoms with E-state index in [0.29, 0.717) is 108 Å². The average molecular weight is 2340 g/mol. The Hall–Kier alpha value is -13.9. The van der Waals surface area contributed by atoms with Crippen LogP contribution in [0.1, 0.15) is 64.1 Å². The minimum absolute atomic E-state index is 0. The van der Waals surface area contributed by atoms with Crippen LogP contribution in [0.15, 0.2) is 280 Å². The van der Waals surface area contributed by atoms with Crippen molar-refractivity contribution in [3.05, 3.63) is 374 Å². The average Bonchev–Trinajstić information content (AvgIpc) is 1.50. The first-order valence-electron chi connectivity index (χ1n) is 40.5. The number of rotatable bonds is 22. The molecule has 0 amide bonds. The summed E-state index contributed by atoms with van der Waals surface area (Å²) < 4.78 is 144. The number of ether oxygens (including phenoxy) is 4. The molecular formula is C98H83F9Ir3N19O4. The van der Waals surface area contributed by atoms with Crippen molar-refractivity contribution in [1.82, 2.24) is 94.9 Å². The van der Waals surface area contributed by atoms with E-state index in [2.05, 4.69) is 144 Å². The van der Waals surface area contributed by atoms with Gasteiger partial charge in [0, 0.05) is 149 Å². The zero-order valence-electron chi connectivity index (χ0n) is 72.2. The third-order valence-corrected chi connectivity index (χ3v) is 17.8. The number of benzene rings is 8. The summed E-state index contributed by atoms with van der Waals surface area (Å²) in [7, 11) is 1.90. The first-order valence-corrected chi connectivity index (χ1v) is 40.5. The number of nitrogens with zero attached hydrogens (tertiary/aromatic N) is 19. The molecule has 0 atom stereocenters. The van der Waals surface area contributed by atoms with Gasteiger partial charge in [0.2, 0.25) is 0 Å². The Balaban J connectivity index is 0.000000188. The van der Waals surface area contributed by atoms with E-state index in [1.165, 1.54) is 72.2 Å². The molecule has 18 rings (SSSR count). The van der Waals surface area contributed by atoms with E-state index < -0.39 is 23.5 Å². The second-order valence-electron chi connectivity index (χ2n) is 27.0. The van der Waals surface area contributed by atoms with Crippen LogP contribution in [0.5, 0.6) is 23.0 Å². The summed E-state index contributed by atoms with van der Waals surface area (Å²) in [6, 6.07) is 81.5. The Morgan fingerprint density at radius 1 is 0.391 bits per heavy atom. The van der Waals surface area contributed by atoms with Gasteiger partial charge in [-0.1, -0.05) is 186 Å². The van der Waals surface area contributed by atoms with Crippen LogP contribution in [0, 0.1) is 71.3 Å². The first-order chi connectivity index (χ1) is 63.2. The largest absolute Gasteiger partial charge is 3.00 e.